The van der Waals surface area contributed by atoms with Crippen LogP contribution in [0.2, 0.25) is 0 Å². The van der Waals surface area contributed by atoms with Crippen molar-refractivity contribution in [3.05, 3.63) is 42.5 Å². The summed E-state index contributed by atoms with van der Waals surface area (Å²) in [6.07, 6.45) is 0. The average molecular weight is 568 g/mol. The third kappa shape index (κ3) is 6.64. The first-order valence-corrected chi connectivity index (χ1v) is 13.5. The number of phenolic OH excluding ortho intramolecular Hbond substituents is 1. The van der Waals surface area contributed by atoms with Crippen molar-refractivity contribution in [2.45, 2.75) is 21.6 Å². The molecule has 0 aliphatic carbocycles. The number of hydrogen-bond donors (Lipinski definition) is 5. The van der Waals surface area contributed by atoms with Crippen LogP contribution in [0.15, 0.2) is 67.4 Å². The Kier molecular flexibility index (Phi) is 8.66. The normalized spacial score (nSPS) is 12.4. The molecule has 36 heavy (non-hydrogen) atoms. The third-order valence-corrected chi connectivity index (χ3v) is 7.14. The van der Waals surface area contributed by atoms with Crippen LogP contribution >= 0.6 is 0 Å². The topological polar surface area (TPSA) is 243 Å². The number of primary sulfonamides is 1. The smallest absolute Gasteiger partial charge is 0.505 e. The van der Waals surface area contributed by atoms with Gasteiger partial charge in [-0.1, -0.05) is 0 Å². The minimum atomic E-state index is -5.05. The van der Waals surface area contributed by atoms with E-state index in [0.717, 1.165) is 37.3 Å². The Balaban J connectivity index is 0.00000456. The van der Waals surface area contributed by atoms with E-state index in [9.17, 15) is 44.3 Å². The van der Waals surface area contributed by atoms with E-state index in [1.165, 1.54) is 12.1 Å². The molecule has 0 fully saturated rings. The van der Waals surface area contributed by atoms with Crippen molar-refractivity contribution < 1.29 is 73.8 Å². The van der Waals surface area contributed by atoms with Crippen LogP contribution in [-0.4, -0.2) is 45.4 Å². The number of amides is 1. The fourth-order valence-electron chi connectivity index (χ4n) is 2.98. The molecule has 0 spiro atoms. The molecule has 0 aromatic heterocycles. The van der Waals surface area contributed by atoms with Crippen molar-refractivity contribution >= 4 is 64.0 Å². The average Bonchev–Trinajstić information content (AvgIpc) is 2.70. The molecule has 0 radical (unpaired) electrons. The maximum atomic E-state index is 11.9. The SMILES string of the molecule is CC(=O)Nc1cc2c(O)c(N=Nc3ccc(S(N)(=O)=O)cc3)c(S(=O)(=O)O)cc2cc1S(=O)(=O)O.[Na+]. The van der Waals surface area contributed by atoms with E-state index in [1.54, 1.807) is 0 Å². The predicted molar refractivity (Wildman–Crippen MR) is 122 cm³/mol. The van der Waals surface area contributed by atoms with Crippen LogP contribution in [0.5, 0.6) is 5.75 Å². The summed E-state index contributed by atoms with van der Waals surface area (Å²) in [5, 5.41) is 24.8. The second-order valence-corrected chi connectivity index (χ2v) is 11.4. The molecule has 0 unspecified atom stereocenters. The molecule has 3 aromatic rings. The van der Waals surface area contributed by atoms with Gasteiger partial charge in [-0.3, -0.25) is 13.9 Å². The molecule has 0 aliphatic rings. The number of phenols is 1. The Hall–Kier alpha value is -2.48. The Labute approximate surface area is 227 Å². The van der Waals surface area contributed by atoms with E-state index in [2.05, 4.69) is 15.5 Å². The fourth-order valence-corrected chi connectivity index (χ4v) is 4.82. The zero-order valence-electron chi connectivity index (χ0n) is 18.4. The van der Waals surface area contributed by atoms with Gasteiger partial charge in [0.25, 0.3) is 20.2 Å². The molecule has 18 heteroatoms. The molecule has 0 heterocycles. The monoisotopic (exact) mass is 567 g/mol. The van der Waals surface area contributed by atoms with Crippen molar-refractivity contribution in [1.82, 2.24) is 0 Å². The number of nitrogens with zero attached hydrogens (tertiary/aromatic N) is 2. The van der Waals surface area contributed by atoms with Gasteiger partial charge in [0.15, 0.2) is 5.75 Å². The number of rotatable bonds is 6. The third-order valence-electron chi connectivity index (χ3n) is 4.45. The molecular formula is C18H16N4NaO10S3+. The molecule has 0 bridgehead atoms. The zero-order valence-corrected chi connectivity index (χ0v) is 22.9. The summed E-state index contributed by atoms with van der Waals surface area (Å²) in [6.45, 7) is 1.06. The van der Waals surface area contributed by atoms with Gasteiger partial charge in [-0.15, -0.1) is 5.11 Å². The van der Waals surface area contributed by atoms with Gasteiger partial charge in [0, 0.05) is 12.3 Å². The summed E-state index contributed by atoms with van der Waals surface area (Å²) < 4.78 is 89.2. The Morgan fingerprint density at radius 1 is 0.889 bits per heavy atom. The molecule has 14 nitrogen and oxygen atoms in total. The van der Waals surface area contributed by atoms with Gasteiger partial charge < -0.3 is 10.4 Å². The molecule has 0 aliphatic heterocycles. The van der Waals surface area contributed by atoms with Gasteiger partial charge in [-0.05, 0) is 47.9 Å². The second kappa shape index (κ2) is 10.5. The summed E-state index contributed by atoms with van der Waals surface area (Å²) in [5.74, 6) is -1.58. The van der Waals surface area contributed by atoms with Gasteiger partial charge >= 0.3 is 29.6 Å². The Bertz CT molecular complexity index is 1720. The van der Waals surface area contributed by atoms with Crippen LogP contribution < -0.4 is 40.0 Å². The van der Waals surface area contributed by atoms with E-state index in [0.29, 0.717) is 0 Å². The fraction of sp³-hybridized carbons (Fsp3) is 0.0556. The van der Waals surface area contributed by atoms with Crippen LogP contribution in [-0.2, 0) is 35.1 Å². The summed E-state index contributed by atoms with van der Waals surface area (Å²) in [7, 11) is -13.9. The van der Waals surface area contributed by atoms with E-state index >= 15 is 0 Å². The molecule has 3 rings (SSSR count). The first kappa shape index (κ1) is 29.7. The van der Waals surface area contributed by atoms with E-state index in [4.69, 9.17) is 5.14 Å². The zero-order chi connectivity index (χ0) is 26.3. The number of anilines is 1. The maximum Gasteiger partial charge on any atom is 1.00 e. The summed E-state index contributed by atoms with van der Waals surface area (Å²) in [4.78, 5) is 9.48. The first-order chi connectivity index (χ1) is 16.0. The molecule has 0 saturated heterocycles. The van der Waals surface area contributed by atoms with Gasteiger partial charge in [-0.2, -0.15) is 21.9 Å². The summed E-state index contributed by atoms with van der Waals surface area (Å²) in [5.41, 5.74) is -1.16. The quantitative estimate of drug-likeness (QED) is 0.139. The molecule has 186 valence electrons. The molecule has 6 N–H and O–H groups in total. The standard InChI is InChI=1S/C18H16N4O10S3.Na/c1-9(23)20-14-8-13-10(6-15(14)34(27,28)29)7-16(35(30,31)32)17(18(13)24)22-21-11-2-4-12(5-3-11)33(19,25)26;/h2-8,24H,1H3,(H,20,23)(H2,19,25,26)(H,27,28,29)(H,30,31,32);/q;+1. The van der Waals surface area contributed by atoms with Crippen LogP contribution in [0, 0.1) is 0 Å². The van der Waals surface area contributed by atoms with Gasteiger partial charge in [-0.25, -0.2) is 13.6 Å². The van der Waals surface area contributed by atoms with Crippen LogP contribution in [0.3, 0.4) is 0 Å². The summed E-state index contributed by atoms with van der Waals surface area (Å²) in [6, 6.07) is 7.06. The molecule has 0 atom stereocenters. The van der Waals surface area contributed by atoms with Crippen molar-refractivity contribution in [3.63, 3.8) is 0 Å². The van der Waals surface area contributed by atoms with Crippen LogP contribution in [0.1, 0.15) is 6.92 Å². The Morgan fingerprint density at radius 2 is 1.42 bits per heavy atom. The molecular weight excluding hydrogens is 551 g/mol. The number of fused-ring (bicyclic) bond motifs is 1. The number of nitrogens with two attached hydrogens (primary N) is 1. The number of carbonyl (C=O) groups is 1. The van der Waals surface area contributed by atoms with Gasteiger partial charge in [0.05, 0.1) is 16.3 Å². The number of sulfonamides is 1. The van der Waals surface area contributed by atoms with Crippen molar-refractivity contribution in [1.29, 1.82) is 0 Å². The maximum absolute atomic E-state index is 11.9. The predicted octanol–water partition coefficient (Wildman–Crippen LogP) is -0.936. The minimum absolute atomic E-state index is 0. The molecule has 3 aromatic carbocycles. The van der Waals surface area contributed by atoms with Crippen molar-refractivity contribution in [2.24, 2.45) is 15.4 Å². The first-order valence-electron chi connectivity index (χ1n) is 9.09. The van der Waals surface area contributed by atoms with Crippen LogP contribution in [0.4, 0.5) is 17.1 Å². The number of nitrogens with one attached hydrogen (secondary N) is 1. The van der Waals surface area contributed by atoms with Gasteiger partial charge in [0.2, 0.25) is 15.9 Å². The summed E-state index contributed by atoms with van der Waals surface area (Å²) >= 11 is 0. The van der Waals surface area contributed by atoms with Crippen molar-refractivity contribution in [3.8, 4) is 5.75 Å². The number of carbonyl (C=O) groups excluding carboxylic acids is 1. The van der Waals surface area contributed by atoms with Crippen LogP contribution in [0.25, 0.3) is 10.8 Å². The number of azo groups is 1. The van der Waals surface area contributed by atoms with Crippen molar-refractivity contribution in [2.75, 3.05) is 5.32 Å². The molecule has 1 amide bonds. The van der Waals surface area contributed by atoms with E-state index in [1.807, 2.05) is 0 Å². The minimum Gasteiger partial charge on any atom is -0.505 e. The number of benzene rings is 3. The van der Waals surface area contributed by atoms with E-state index < -0.39 is 63.1 Å². The Morgan fingerprint density at radius 3 is 1.89 bits per heavy atom. The second-order valence-electron chi connectivity index (χ2n) is 7.01. The number of aromatic hydroxyl groups is 1. The van der Waals surface area contributed by atoms with Gasteiger partial charge in [0.1, 0.15) is 15.5 Å². The van der Waals surface area contributed by atoms with E-state index in [-0.39, 0.29) is 50.9 Å². The largest absolute Gasteiger partial charge is 1.00 e. The number of hydrogen-bond acceptors (Lipinski definition) is 10. The molecule has 0 saturated carbocycles.